The molecule has 0 bridgehead atoms. The summed E-state index contributed by atoms with van der Waals surface area (Å²) < 4.78 is 0. The molecule has 0 aromatic rings. The molecular weight excluding hydrogens is 232 g/mol. The lowest BCUT2D eigenvalue weighted by Gasteiger charge is -2.34. The van der Waals surface area contributed by atoms with E-state index in [1.54, 1.807) is 0 Å². The summed E-state index contributed by atoms with van der Waals surface area (Å²) in [4.78, 5) is 11.0. The van der Waals surface area contributed by atoms with Crippen molar-refractivity contribution >= 4 is 18.6 Å². The second-order valence-corrected chi connectivity index (χ2v) is 6.18. The Morgan fingerprint density at radius 1 is 1.24 bits per heavy atom. The molecule has 0 spiro atoms. The maximum Gasteiger partial charge on any atom is 0.316 e. The molecular formula is C14H28O2S. The third kappa shape index (κ3) is 5.80. The zero-order valence-corrected chi connectivity index (χ0v) is 12.6. The highest BCUT2D eigenvalue weighted by Crippen LogP contribution is 2.37. The average Bonchev–Trinajstić information content (AvgIpc) is 2.27. The molecule has 17 heavy (non-hydrogen) atoms. The molecule has 0 rings (SSSR count). The van der Waals surface area contributed by atoms with E-state index in [0.29, 0.717) is 5.92 Å². The predicted molar refractivity (Wildman–Crippen MR) is 76.7 cm³/mol. The molecule has 0 saturated heterocycles. The molecule has 0 aromatic heterocycles. The van der Waals surface area contributed by atoms with E-state index in [1.807, 2.05) is 13.8 Å². The molecule has 0 saturated carbocycles. The van der Waals surface area contributed by atoms with Gasteiger partial charge in [0.25, 0.3) is 0 Å². The molecule has 0 aliphatic heterocycles. The summed E-state index contributed by atoms with van der Waals surface area (Å²) in [6.45, 7) is 8.38. The van der Waals surface area contributed by atoms with Crippen molar-refractivity contribution in [1.29, 1.82) is 0 Å². The van der Waals surface area contributed by atoms with Crippen LogP contribution in [0.1, 0.15) is 66.2 Å². The summed E-state index contributed by atoms with van der Waals surface area (Å²) >= 11 is 4.22. The van der Waals surface area contributed by atoms with Crippen LogP contribution in [-0.2, 0) is 4.79 Å². The molecule has 2 nitrogen and oxygen atoms in total. The van der Waals surface area contributed by atoms with Crippen molar-refractivity contribution in [3.8, 4) is 0 Å². The van der Waals surface area contributed by atoms with E-state index in [1.165, 1.54) is 32.1 Å². The average molecular weight is 260 g/mol. The fourth-order valence-corrected chi connectivity index (χ4v) is 2.27. The first kappa shape index (κ1) is 16.8. The molecule has 2 unspecified atom stereocenters. The van der Waals surface area contributed by atoms with Gasteiger partial charge in [0.15, 0.2) is 0 Å². The number of carboxylic acid groups (broad SMARTS) is 1. The second kappa shape index (κ2) is 8.02. The minimum Gasteiger partial charge on any atom is -0.480 e. The highest BCUT2D eigenvalue weighted by atomic mass is 32.1. The Labute approximate surface area is 112 Å². The number of rotatable bonds is 9. The third-order valence-corrected chi connectivity index (χ3v) is 4.84. The van der Waals surface area contributed by atoms with Crippen molar-refractivity contribution in [2.45, 2.75) is 71.5 Å². The van der Waals surface area contributed by atoms with E-state index in [9.17, 15) is 4.79 Å². The standard InChI is InChI=1S/C14H28O2S/c1-5-6-7-8-9-10-11(2)14(3,4)12(17)13(15)16/h11-12,17H,5-10H2,1-4H3,(H,15,16). The fraction of sp³-hybridized carbons (Fsp3) is 0.929. The van der Waals surface area contributed by atoms with Gasteiger partial charge in [-0.3, -0.25) is 4.79 Å². The molecule has 0 aliphatic carbocycles. The summed E-state index contributed by atoms with van der Waals surface area (Å²) in [6, 6.07) is 0. The minimum absolute atomic E-state index is 0.250. The quantitative estimate of drug-likeness (QED) is 0.476. The first-order valence-corrected chi connectivity index (χ1v) is 7.26. The van der Waals surface area contributed by atoms with Crippen LogP contribution < -0.4 is 0 Å². The number of thiol groups is 1. The number of hydrogen-bond donors (Lipinski definition) is 2. The second-order valence-electron chi connectivity index (χ2n) is 5.67. The van der Waals surface area contributed by atoms with Gasteiger partial charge in [0.1, 0.15) is 5.25 Å². The van der Waals surface area contributed by atoms with Crippen LogP contribution in [-0.4, -0.2) is 16.3 Å². The van der Waals surface area contributed by atoms with Crippen molar-refractivity contribution in [3.63, 3.8) is 0 Å². The maximum absolute atomic E-state index is 11.0. The first-order chi connectivity index (χ1) is 7.84. The molecule has 0 amide bonds. The van der Waals surface area contributed by atoms with E-state index in [2.05, 4.69) is 26.5 Å². The molecule has 3 heteroatoms. The summed E-state index contributed by atoms with van der Waals surface area (Å²) in [5.74, 6) is -0.418. The van der Waals surface area contributed by atoms with Crippen LogP contribution in [0.25, 0.3) is 0 Å². The normalized spacial score (nSPS) is 15.6. The number of unbranched alkanes of at least 4 members (excludes halogenated alkanes) is 4. The van der Waals surface area contributed by atoms with E-state index < -0.39 is 11.2 Å². The lowest BCUT2D eigenvalue weighted by molar-refractivity contribution is -0.139. The smallest absolute Gasteiger partial charge is 0.316 e. The van der Waals surface area contributed by atoms with E-state index in [0.717, 1.165) is 6.42 Å². The Morgan fingerprint density at radius 3 is 2.24 bits per heavy atom. The third-order valence-electron chi connectivity index (χ3n) is 3.95. The maximum atomic E-state index is 11.0. The Bertz CT molecular complexity index is 226. The number of carboxylic acids is 1. The van der Waals surface area contributed by atoms with Crippen LogP contribution in [0.2, 0.25) is 0 Å². The van der Waals surface area contributed by atoms with Gasteiger partial charge >= 0.3 is 5.97 Å². The lowest BCUT2D eigenvalue weighted by Crippen LogP contribution is -2.37. The predicted octanol–water partition coefficient (Wildman–Crippen LogP) is 4.39. The van der Waals surface area contributed by atoms with Gasteiger partial charge in [-0.2, -0.15) is 12.6 Å². The Hall–Kier alpha value is -0.180. The SMILES string of the molecule is CCCCCCCC(C)C(C)(C)C(S)C(=O)O. The summed E-state index contributed by atoms with van der Waals surface area (Å²) in [5, 5.41) is 8.46. The van der Waals surface area contributed by atoms with Crippen molar-refractivity contribution in [3.05, 3.63) is 0 Å². The molecule has 0 aromatic carbocycles. The first-order valence-electron chi connectivity index (χ1n) is 6.74. The number of aliphatic carboxylic acids is 1. The fourth-order valence-electron chi connectivity index (χ4n) is 2.01. The van der Waals surface area contributed by atoms with Gasteiger partial charge in [-0.1, -0.05) is 66.2 Å². The molecule has 2 atom stereocenters. The number of hydrogen-bond acceptors (Lipinski definition) is 2. The van der Waals surface area contributed by atoms with Gasteiger partial charge < -0.3 is 5.11 Å². The van der Waals surface area contributed by atoms with Crippen LogP contribution in [0.4, 0.5) is 0 Å². The van der Waals surface area contributed by atoms with Gasteiger partial charge in [0, 0.05) is 0 Å². The molecule has 0 radical (unpaired) electrons. The largest absolute Gasteiger partial charge is 0.480 e. The molecule has 102 valence electrons. The summed E-state index contributed by atoms with van der Waals surface area (Å²) in [5.41, 5.74) is -0.250. The van der Waals surface area contributed by atoms with Gasteiger partial charge in [0.2, 0.25) is 0 Å². The van der Waals surface area contributed by atoms with Gasteiger partial charge in [-0.15, -0.1) is 0 Å². The zero-order chi connectivity index (χ0) is 13.5. The van der Waals surface area contributed by atoms with Crippen LogP contribution >= 0.6 is 12.6 Å². The highest BCUT2D eigenvalue weighted by Gasteiger charge is 2.36. The summed E-state index contributed by atoms with van der Waals surface area (Å²) in [6.07, 6.45) is 7.43. The van der Waals surface area contributed by atoms with E-state index >= 15 is 0 Å². The van der Waals surface area contributed by atoms with Crippen LogP contribution in [0.3, 0.4) is 0 Å². The topological polar surface area (TPSA) is 37.3 Å². The van der Waals surface area contributed by atoms with Crippen molar-refractivity contribution in [2.75, 3.05) is 0 Å². The highest BCUT2D eigenvalue weighted by molar-refractivity contribution is 7.81. The van der Waals surface area contributed by atoms with Gasteiger partial charge in [-0.05, 0) is 11.3 Å². The van der Waals surface area contributed by atoms with Crippen molar-refractivity contribution in [1.82, 2.24) is 0 Å². The Kier molecular flexibility index (Phi) is 7.93. The monoisotopic (exact) mass is 260 g/mol. The van der Waals surface area contributed by atoms with Crippen LogP contribution in [0, 0.1) is 11.3 Å². The van der Waals surface area contributed by atoms with Crippen LogP contribution in [0.5, 0.6) is 0 Å². The van der Waals surface area contributed by atoms with Gasteiger partial charge in [0.05, 0.1) is 0 Å². The van der Waals surface area contributed by atoms with Crippen molar-refractivity contribution < 1.29 is 9.90 Å². The van der Waals surface area contributed by atoms with Crippen molar-refractivity contribution in [2.24, 2.45) is 11.3 Å². The van der Waals surface area contributed by atoms with Gasteiger partial charge in [-0.25, -0.2) is 0 Å². The van der Waals surface area contributed by atoms with Crippen LogP contribution in [0.15, 0.2) is 0 Å². The van der Waals surface area contributed by atoms with E-state index in [4.69, 9.17) is 5.11 Å². The molecule has 1 N–H and O–H groups in total. The molecule has 0 fully saturated rings. The minimum atomic E-state index is -0.809. The number of carbonyl (C=O) groups is 1. The lowest BCUT2D eigenvalue weighted by atomic mass is 9.74. The zero-order valence-electron chi connectivity index (χ0n) is 11.7. The molecule has 0 heterocycles. The Morgan fingerprint density at radius 2 is 1.76 bits per heavy atom. The van der Waals surface area contributed by atoms with E-state index in [-0.39, 0.29) is 5.41 Å². The molecule has 0 aliphatic rings. The Balaban J connectivity index is 4.02. The summed E-state index contributed by atoms with van der Waals surface area (Å²) in [7, 11) is 0.